The highest BCUT2D eigenvalue weighted by Gasteiger charge is 2.39. The van der Waals surface area contributed by atoms with Gasteiger partial charge in [-0.05, 0) is 68.4 Å². The first-order valence-corrected chi connectivity index (χ1v) is 15.4. The molecule has 0 spiro atoms. The fourth-order valence-corrected chi connectivity index (χ4v) is 6.89. The van der Waals surface area contributed by atoms with E-state index in [1.807, 2.05) is 7.05 Å². The molecule has 0 atom stereocenters. The molecule has 2 aromatic carbocycles. The number of carbonyl (C=O) groups excluding carboxylic acids is 2. The molecule has 15 heteroatoms. The molecule has 240 valence electrons. The van der Waals surface area contributed by atoms with E-state index in [0.29, 0.717) is 47.7 Å². The first-order valence-electron chi connectivity index (χ1n) is 13.7. The number of carbonyl (C=O) groups is 2. The zero-order valence-corrected chi connectivity index (χ0v) is 25.1. The number of amides is 2. The van der Waals surface area contributed by atoms with Crippen molar-refractivity contribution in [2.24, 2.45) is 0 Å². The van der Waals surface area contributed by atoms with Crippen molar-refractivity contribution in [3.8, 4) is 0 Å². The summed E-state index contributed by atoms with van der Waals surface area (Å²) in [6.07, 6.45) is -8.83. The molecule has 1 fully saturated rings. The number of hydrogen-bond acceptors (Lipinski definition) is 5. The van der Waals surface area contributed by atoms with Gasteiger partial charge in [-0.25, -0.2) is 8.42 Å². The smallest absolute Gasteiger partial charge is 0.358 e. The van der Waals surface area contributed by atoms with Gasteiger partial charge in [0.25, 0.3) is 11.8 Å². The zero-order valence-electron chi connectivity index (χ0n) is 24.3. The molecule has 2 amide bonds. The van der Waals surface area contributed by atoms with Crippen LogP contribution in [-0.4, -0.2) is 68.2 Å². The van der Waals surface area contributed by atoms with Crippen molar-refractivity contribution < 1.29 is 44.3 Å². The van der Waals surface area contributed by atoms with Crippen molar-refractivity contribution in [3.05, 3.63) is 81.2 Å². The van der Waals surface area contributed by atoms with Crippen LogP contribution in [0.1, 0.15) is 49.6 Å². The monoisotopic (exact) mass is 654 g/mol. The summed E-state index contributed by atoms with van der Waals surface area (Å²) >= 11 is 0. The predicted molar refractivity (Wildman–Crippen MR) is 154 cm³/mol. The SMILES string of the molecule is Cc1[nH]c(/C=C2\C(=O)Nc3ccc(S(=O)(=O)Cc4ccc(C(F)(F)F)cc4C(F)(F)F)cc32)c(C)c1C(=O)N1CCN(C)CC1. The summed E-state index contributed by atoms with van der Waals surface area (Å²) in [7, 11) is -2.56. The van der Waals surface area contributed by atoms with Crippen LogP contribution in [0.5, 0.6) is 0 Å². The summed E-state index contributed by atoms with van der Waals surface area (Å²) in [6, 6.07) is 4.31. The highest BCUT2D eigenvalue weighted by atomic mass is 32.2. The van der Waals surface area contributed by atoms with E-state index in [-0.39, 0.29) is 28.8 Å². The summed E-state index contributed by atoms with van der Waals surface area (Å²) in [5.74, 6) is -1.96. The number of halogens is 6. The van der Waals surface area contributed by atoms with Crippen LogP contribution in [0.4, 0.5) is 32.0 Å². The van der Waals surface area contributed by atoms with Gasteiger partial charge in [0.15, 0.2) is 9.84 Å². The summed E-state index contributed by atoms with van der Waals surface area (Å²) in [5, 5.41) is 2.61. The molecule has 0 bridgehead atoms. The fraction of sp³-hybridized carbons (Fsp3) is 0.333. The predicted octanol–water partition coefficient (Wildman–Crippen LogP) is 5.52. The Kier molecular flexibility index (Phi) is 8.15. The summed E-state index contributed by atoms with van der Waals surface area (Å²) in [6.45, 7) is 6.01. The minimum absolute atomic E-state index is 0.0514. The van der Waals surface area contributed by atoms with Crippen molar-refractivity contribution >= 4 is 39.0 Å². The number of likely N-dealkylation sites (N-methyl/N-ethyl adjacent to an activating group) is 1. The van der Waals surface area contributed by atoms with Crippen molar-refractivity contribution in [3.63, 3.8) is 0 Å². The third kappa shape index (κ3) is 6.36. The van der Waals surface area contributed by atoms with E-state index in [1.54, 1.807) is 18.7 Å². The van der Waals surface area contributed by atoms with Gasteiger partial charge in [-0.3, -0.25) is 9.59 Å². The molecule has 2 aliphatic rings. The number of piperazine rings is 1. The van der Waals surface area contributed by atoms with E-state index in [9.17, 15) is 44.3 Å². The number of rotatable bonds is 5. The van der Waals surface area contributed by atoms with E-state index in [4.69, 9.17) is 0 Å². The molecule has 2 aliphatic heterocycles. The number of benzene rings is 2. The lowest BCUT2D eigenvalue weighted by atomic mass is 10.0. The third-order valence-electron chi connectivity index (χ3n) is 7.99. The van der Waals surface area contributed by atoms with Gasteiger partial charge >= 0.3 is 12.4 Å². The molecular weight excluding hydrogens is 626 g/mol. The van der Waals surface area contributed by atoms with E-state index >= 15 is 0 Å². The molecule has 3 heterocycles. The normalized spacial score (nSPS) is 17.1. The van der Waals surface area contributed by atoms with Crippen LogP contribution in [0.25, 0.3) is 11.6 Å². The molecule has 0 saturated carbocycles. The number of hydrogen-bond donors (Lipinski definition) is 2. The number of nitrogens with one attached hydrogen (secondary N) is 2. The Hall–Kier alpha value is -4.11. The quantitative estimate of drug-likeness (QED) is 0.279. The van der Waals surface area contributed by atoms with E-state index in [1.165, 1.54) is 12.1 Å². The minimum Gasteiger partial charge on any atom is -0.358 e. The van der Waals surface area contributed by atoms with Crippen LogP contribution in [0, 0.1) is 13.8 Å². The molecule has 45 heavy (non-hydrogen) atoms. The highest BCUT2D eigenvalue weighted by Crippen LogP contribution is 2.40. The first-order chi connectivity index (χ1) is 20.9. The Morgan fingerprint density at radius 3 is 2.24 bits per heavy atom. The Bertz CT molecular complexity index is 1840. The summed E-state index contributed by atoms with van der Waals surface area (Å²) in [4.78, 5) is 32.8. The van der Waals surface area contributed by atoms with Crippen LogP contribution >= 0.6 is 0 Å². The van der Waals surface area contributed by atoms with Gasteiger partial charge in [-0.1, -0.05) is 6.07 Å². The topological polar surface area (TPSA) is 103 Å². The highest BCUT2D eigenvalue weighted by molar-refractivity contribution is 7.90. The second kappa shape index (κ2) is 11.4. The lowest BCUT2D eigenvalue weighted by Gasteiger charge is -2.32. The lowest BCUT2D eigenvalue weighted by Crippen LogP contribution is -2.47. The molecule has 2 N–H and O–H groups in total. The average molecular weight is 655 g/mol. The maximum absolute atomic E-state index is 13.7. The molecule has 5 rings (SSSR count). The first kappa shape index (κ1) is 32.3. The number of H-pyrrole nitrogens is 1. The van der Waals surface area contributed by atoms with Crippen molar-refractivity contribution in [1.82, 2.24) is 14.8 Å². The van der Waals surface area contributed by atoms with Crippen molar-refractivity contribution in [1.29, 1.82) is 0 Å². The van der Waals surface area contributed by atoms with Gasteiger partial charge < -0.3 is 20.1 Å². The average Bonchev–Trinajstić information content (AvgIpc) is 3.40. The maximum atomic E-state index is 13.7. The largest absolute Gasteiger partial charge is 0.416 e. The Balaban J connectivity index is 1.48. The van der Waals surface area contributed by atoms with Crippen LogP contribution in [0.2, 0.25) is 0 Å². The standard InChI is InChI=1S/C30H28F6N4O4S/c1-16-25(37-17(2)26(16)28(42)40-10-8-39(3)9-11-40)14-22-21-13-20(6-7-24(21)38-27(22)41)45(43,44)15-18-4-5-19(29(31,32)33)12-23(18)30(34,35)36/h4-7,12-14,37H,8-11,15H2,1-3H3,(H,38,41)/b22-14-. The van der Waals surface area contributed by atoms with E-state index in [2.05, 4.69) is 15.2 Å². The number of nitrogens with zero attached hydrogens (tertiary/aromatic N) is 2. The van der Waals surface area contributed by atoms with Gasteiger partial charge in [-0.15, -0.1) is 0 Å². The van der Waals surface area contributed by atoms with Gasteiger partial charge in [0.2, 0.25) is 0 Å². The van der Waals surface area contributed by atoms with Crippen LogP contribution in [0.15, 0.2) is 41.3 Å². The molecule has 1 aromatic heterocycles. The Morgan fingerprint density at radius 1 is 0.956 bits per heavy atom. The van der Waals surface area contributed by atoms with Gasteiger partial charge in [-0.2, -0.15) is 26.3 Å². The van der Waals surface area contributed by atoms with Crippen LogP contribution in [0.3, 0.4) is 0 Å². The molecule has 8 nitrogen and oxygen atoms in total. The number of anilines is 1. The Labute approximate surface area is 254 Å². The summed E-state index contributed by atoms with van der Waals surface area (Å²) in [5.41, 5.74) is -1.60. The number of aromatic amines is 1. The molecule has 0 radical (unpaired) electrons. The van der Waals surface area contributed by atoms with Crippen LogP contribution < -0.4 is 5.32 Å². The van der Waals surface area contributed by atoms with Gasteiger partial charge in [0.1, 0.15) is 0 Å². The van der Waals surface area contributed by atoms with Gasteiger partial charge in [0.05, 0.1) is 32.9 Å². The zero-order chi connectivity index (χ0) is 33.1. The molecular formula is C30H28F6N4O4S. The van der Waals surface area contributed by atoms with Crippen molar-refractivity contribution in [2.45, 2.75) is 36.8 Å². The number of fused-ring (bicyclic) bond motifs is 1. The number of alkyl halides is 6. The number of aromatic nitrogens is 1. The fourth-order valence-electron chi connectivity index (χ4n) is 5.49. The number of sulfone groups is 1. The summed E-state index contributed by atoms with van der Waals surface area (Å²) < 4.78 is 107. The second-order valence-corrected chi connectivity index (χ2v) is 13.1. The second-order valence-electron chi connectivity index (χ2n) is 11.1. The van der Waals surface area contributed by atoms with Gasteiger partial charge in [0, 0.05) is 48.8 Å². The maximum Gasteiger partial charge on any atom is 0.416 e. The van der Waals surface area contributed by atoms with E-state index < -0.39 is 55.4 Å². The Morgan fingerprint density at radius 2 is 1.62 bits per heavy atom. The number of aryl methyl sites for hydroxylation is 1. The molecule has 3 aromatic rings. The third-order valence-corrected chi connectivity index (χ3v) is 9.65. The van der Waals surface area contributed by atoms with E-state index in [0.717, 1.165) is 25.2 Å². The minimum atomic E-state index is -5.24. The van der Waals surface area contributed by atoms with Crippen molar-refractivity contribution in [2.75, 3.05) is 38.5 Å². The molecule has 1 saturated heterocycles. The lowest BCUT2D eigenvalue weighted by molar-refractivity contribution is -0.143. The molecule has 0 aliphatic carbocycles. The molecule has 0 unspecified atom stereocenters. The van der Waals surface area contributed by atoms with Crippen LogP contribution in [-0.2, 0) is 32.7 Å².